The highest BCUT2D eigenvalue weighted by atomic mass is 16.5. The molecule has 3 N–H and O–H groups in total. The molecule has 0 spiro atoms. The van der Waals surface area contributed by atoms with Gasteiger partial charge in [-0.3, -0.25) is 0 Å². The Kier molecular flexibility index (Phi) is 5.45. The molecular weight excluding hydrogens is 232 g/mol. The van der Waals surface area contributed by atoms with Gasteiger partial charge in [0.2, 0.25) is 0 Å². The second-order valence-electron chi connectivity index (χ2n) is 4.22. The fourth-order valence-electron chi connectivity index (χ4n) is 1.36. The Morgan fingerprint density at radius 3 is 2.78 bits per heavy atom. The average Bonchev–Trinajstić information content (AvgIpc) is 2.32. The molecule has 0 heterocycles. The van der Waals surface area contributed by atoms with Crippen molar-refractivity contribution >= 4 is 6.03 Å². The molecule has 0 saturated carbocycles. The number of rotatable bonds is 5. The maximum atomic E-state index is 11.3. The van der Waals surface area contributed by atoms with E-state index in [4.69, 9.17) is 9.84 Å². The van der Waals surface area contributed by atoms with Crippen LogP contribution < -0.4 is 15.4 Å². The Labute approximate surface area is 107 Å². The van der Waals surface area contributed by atoms with Gasteiger partial charge in [0.05, 0.1) is 6.10 Å². The summed E-state index contributed by atoms with van der Waals surface area (Å²) in [5.74, 6) is 0.755. The summed E-state index contributed by atoms with van der Waals surface area (Å²) in [7, 11) is 0. The van der Waals surface area contributed by atoms with E-state index < -0.39 is 6.10 Å². The smallest absolute Gasteiger partial charge is 0.317 e. The zero-order valence-corrected chi connectivity index (χ0v) is 11.0. The summed E-state index contributed by atoms with van der Waals surface area (Å²) in [5, 5.41) is 14.1. The first-order valence-electron chi connectivity index (χ1n) is 5.89. The van der Waals surface area contributed by atoms with Crippen molar-refractivity contribution in [3.05, 3.63) is 29.3 Å². The topological polar surface area (TPSA) is 70.6 Å². The largest absolute Gasteiger partial charge is 0.473 e. The SMILES string of the molecule is Cc1cccc(OCNC(=O)NCC(C)O)c1C. The summed E-state index contributed by atoms with van der Waals surface area (Å²) in [6.45, 7) is 5.89. The van der Waals surface area contributed by atoms with E-state index in [1.54, 1.807) is 6.92 Å². The van der Waals surface area contributed by atoms with Gasteiger partial charge in [-0.15, -0.1) is 0 Å². The van der Waals surface area contributed by atoms with Crippen molar-refractivity contribution in [1.29, 1.82) is 0 Å². The average molecular weight is 252 g/mol. The number of amides is 2. The lowest BCUT2D eigenvalue weighted by Gasteiger charge is -2.12. The number of carbonyl (C=O) groups excluding carboxylic acids is 1. The van der Waals surface area contributed by atoms with Crippen LogP contribution in [-0.4, -0.2) is 30.5 Å². The van der Waals surface area contributed by atoms with Crippen molar-refractivity contribution in [3.8, 4) is 5.75 Å². The molecule has 1 aromatic carbocycles. The number of benzene rings is 1. The summed E-state index contributed by atoms with van der Waals surface area (Å²) in [5.41, 5.74) is 2.20. The van der Waals surface area contributed by atoms with Crippen LogP contribution in [0.15, 0.2) is 18.2 Å². The number of nitrogens with one attached hydrogen (secondary N) is 2. The third kappa shape index (κ3) is 4.63. The molecule has 1 unspecified atom stereocenters. The molecular formula is C13H20N2O3. The fourth-order valence-corrected chi connectivity index (χ4v) is 1.36. The van der Waals surface area contributed by atoms with Crippen LogP contribution in [0.4, 0.5) is 4.79 Å². The summed E-state index contributed by atoms with van der Waals surface area (Å²) in [6, 6.07) is 5.41. The highest BCUT2D eigenvalue weighted by Crippen LogP contribution is 2.19. The predicted molar refractivity (Wildman–Crippen MR) is 69.6 cm³/mol. The van der Waals surface area contributed by atoms with Crippen LogP contribution in [0.1, 0.15) is 18.1 Å². The number of aliphatic hydroxyl groups is 1. The number of hydrogen-bond donors (Lipinski definition) is 3. The molecule has 0 aliphatic heterocycles. The van der Waals surface area contributed by atoms with Gasteiger partial charge >= 0.3 is 6.03 Å². The Hall–Kier alpha value is -1.75. The second-order valence-corrected chi connectivity index (χ2v) is 4.22. The molecule has 5 nitrogen and oxygen atoms in total. The van der Waals surface area contributed by atoms with Gasteiger partial charge in [0, 0.05) is 6.54 Å². The van der Waals surface area contributed by atoms with E-state index in [1.165, 1.54) is 0 Å². The van der Waals surface area contributed by atoms with Crippen LogP contribution in [-0.2, 0) is 0 Å². The third-order valence-electron chi connectivity index (χ3n) is 2.57. The number of urea groups is 1. The molecule has 0 aliphatic carbocycles. The minimum absolute atomic E-state index is 0.0932. The molecule has 0 saturated heterocycles. The van der Waals surface area contributed by atoms with E-state index in [2.05, 4.69) is 10.6 Å². The van der Waals surface area contributed by atoms with Crippen molar-refractivity contribution in [2.75, 3.05) is 13.3 Å². The molecule has 1 aromatic rings. The number of aliphatic hydroxyl groups excluding tert-OH is 1. The summed E-state index contributed by atoms with van der Waals surface area (Å²) in [4.78, 5) is 11.3. The minimum Gasteiger partial charge on any atom is -0.473 e. The van der Waals surface area contributed by atoms with Crippen LogP contribution in [0.2, 0.25) is 0 Å². The number of ether oxygens (including phenoxy) is 1. The zero-order chi connectivity index (χ0) is 13.5. The second kappa shape index (κ2) is 6.86. The van der Waals surface area contributed by atoms with Gasteiger partial charge in [0.25, 0.3) is 0 Å². The molecule has 1 atom stereocenters. The highest BCUT2D eigenvalue weighted by Gasteiger charge is 2.04. The zero-order valence-electron chi connectivity index (χ0n) is 11.0. The van der Waals surface area contributed by atoms with Crippen LogP contribution in [0, 0.1) is 13.8 Å². The van der Waals surface area contributed by atoms with Gasteiger partial charge in [-0.25, -0.2) is 4.79 Å². The molecule has 100 valence electrons. The van der Waals surface area contributed by atoms with E-state index in [0.717, 1.165) is 16.9 Å². The summed E-state index contributed by atoms with van der Waals surface area (Å²) >= 11 is 0. The summed E-state index contributed by atoms with van der Waals surface area (Å²) in [6.07, 6.45) is -0.560. The maximum absolute atomic E-state index is 11.3. The van der Waals surface area contributed by atoms with E-state index >= 15 is 0 Å². The minimum atomic E-state index is -0.560. The lowest BCUT2D eigenvalue weighted by atomic mass is 10.1. The number of carbonyl (C=O) groups is 1. The molecule has 0 radical (unpaired) electrons. The Balaban J connectivity index is 2.33. The molecule has 5 heteroatoms. The van der Waals surface area contributed by atoms with Gasteiger partial charge in [0.1, 0.15) is 5.75 Å². The van der Waals surface area contributed by atoms with Gasteiger partial charge in [-0.2, -0.15) is 0 Å². The quantitative estimate of drug-likeness (QED) is 0.692. The first-order valence-corrected chi connectivity index (χ1v) is 5.89. The van der Waals surface area contributed by atoms with Crippen LogP contribution in [0.25, 0.3) is 0 Å². The van der Waals surface area contributed by atoms with Crippen molar-refractivity contribution < 1.29 is 14.6 Å². The van der Waals surface area contributed by atoms with Crippen molar-refractivity contribution in [2.45, 2.75) is 26.9 Å². The van der Waals surface area contributed by atoms with Crippen molar-refractivity contribution in [2.24, 2.45) is 0 Å². The Morgan fingerprint density at radius 2 is 2.11 bits per heavy atom. The van der Waals surface area contributed by atoms with Crippen LogP contribution in [0.5, 0.6) is 5.75 Å². The predicted octanol–water partition coefficient (Wildman–Crippen LogP) is 1.32. The van der Waals surface area contributed by atoms with E-state index in [-0.39, 0.29) is 19.3 Å². The van der Waals surface area contributed by atoms with E-state index in [1.807, 2.05) is 32.0 Å². The van der Waals surface area contributed by atoms with Crippen molar-refractivity contribution in [1.82, 2.24) is 10.6 Å². The van der Waals surface area contributed by atoms with E-state index in [0.29, 0.717) is 0 Å². The molecule has 2 amide bonds. The van der Waals surface area contributed by atoms with Gasteiger partial charge in [-0.05, 0) is 38.0 Å². The number of hydrogen-bond acceptors (Lipinski definition) is 3. The normalized spacial score (nSPS) is 11.8. The standard InChI is InChI=1S/C13H20N2O3/c1-9-5-4-6-12(11(9)3)18-8-15-13(17)14-7-10(2)16/h4-6,10,16H,7-8H2,1-3H3,(H2,14,15,17). The Morgan fingerprint density at radius 1 is 1.39 bits per heavy atom. The van der Waals surface area contributed by atoms with Gasteiger partial charge in [-0.1, -0.05) is 12.1 Å². The maximum Gasteiger partial charge on any atom is 0.317 e. The van der Waals surface area contributed by atoms with Gasteiger partial charge < -0.3 is 20.5 Å². The molecule has 0 bridgehead atoms. The third-order valence-corrected chi connectivity index (χ3v) is 2.57. The first kappa shape index (κ1) is 14.3. The van der Waals surface area contributed by atoms with E-state index in [9.17, 15) is 4.79 Å². The molecule has 18 heavy (non-hydrogen) atoms. The fraction of sp³-hybridized carbons (Fsp3) is 0.462. The Bertz CT molecular complexity index is 405. The molecule has 0 aromatic heterocycles. The van der Waals surface area contributed by atoms with Gasteiger partial charge in [0.15, 0.2) is 6.73 Å². The van der Waals surface area contributed by atoms with Crippen LogP contribution in [0.3, 0.4) is 0 Å². The van der Waals surface area contributed by atoms with Crippen LogP contribution >= 0.6 is 0 Å². The first-order chi connectivity index (χ1) is 8.50. The highest BCUT2D eigenvalue weighted by molar-refractivity contribution is 5.73. The molecule has 1 rings (SSSR count). The lowest BCUT2D eigenvalue weighted by molar-refractivity contribution is 0.184. The monoisotopic (exact) mass is 252 g/mol. The van der Waals surface area contributed by atoms with Crippen molar-refractivity contribution in [3.63, 3.8) is 0 Å². The summed E-state index contributed by atoms with van der Waals surface area (Å²) < 4.78 is 5.46. The molecule has 0 fully saturated rings. The molecule has 0 aliphatic rings. The number of aryl methyl sites for hydroxylation is 1. The lowest BCUT2D eigenvalue weighted by Crippen LogP contribution is -2.40.